The summed E-state index contributed by atoms with van der Waals surface area (Å²) in [7, 11) is 0. The zero-order valence-corrected chi connectivity index (χ0v) is 11.8. The van der Waals surface area contributed by atoms with Gasteiger partial charge in [0.1, 0.15) is 5.82 Å². The predicted octanol–water partition coefficient (Wildman–Crippen LogP) is 3.50. The third-order valence-corrected chi connectivity index (χ3v) is 3.73. The number of ketones is 1. The summed E-state index contributed by atoms with van der Waals surface area (Å²) in [5.74, 6) is -4.17. The van der Waals surface area contributed by atoms with E-state index in [-0.39, 0.29) is 17.0 Å². The molecule has 0 fully saturated rings. The summed E-state index contributed by atoms with van der Waals surface area (Å²) in [4.78, 5) is 28.2. The molecular formula is C16H9ClFNO3. The average Bonchev–Trinajstić information content (AvgIpc) is 2.48. The van der Waals surface area contributed by atoms with Crippen molar-refractivity contribution in [3.63, 3.8) is 0 Å². The highest BCUT2D eigenvalue weighted by Gasteiger charge is 2.38. The molecule has 1 heterocycles. The Kier molecular flexibility index (Phi) is 3.50. The number of carboxylic acid groups (broad SMARTS) is 1. The van der Waals surface area contributed by atoms with Crippen LogP contribution in [0.1, 0.15) is 15.9 Å². The molecule has 6 heteroatoms. The van der Waals surface area contributed by atoms with Crippen LogP contribution in [0.3, 0.4) is 0 Å². The van der Waals surface area contributed by atoms with Crippen molar-refractivity contribution in [2.45, 2.75) is 0 Å². The van der Waals surface area contributed by atoms with Crippen molar-refractivity contribution >= 4 is 34.8 Å². The number of rotatable bonds is 2. The van der Waals surface area contributed by atoms with Gasteiger partial charge in [0, 0.05) is 16.1 Å². The average molecular weight is 318 g/mol. The van der Waals surface area contributed by atoms with Crippen molar-refractivity contribution in [1.29, 1.82) is 0 Å². The van der Waals surface area contributed by atoms with Crippen LogP contribution in [0.25, 0.3) is 0 Å². The fourth-order valence-corrected chi connectivity index (χ4v) is 2.62. The summed E-state index contributed by atoms with van der Waals surface area (Å²) in [5, 5.41) is 9.68. The summed E-state index contributed by atoms with van der Waals surface area (Å²) in [6, 6.07) is 10.1. The van der Waals surface area contributed by atoms with Crippen molar-refractivity contribution in [1.82, 2.24) is 0 Å². The van der Waals surface area contributed by atoms with E-state index >= 15 is 0 Å². The molecule has 0 bridgehead atoms. The van der Waals surface area contributed by atoms with Crippen molar-refractivity contribution in [2.75, 3.05) is 0 Å². The highest BCUT2D eigenvalue weighted by atomic mass is 35.5. The first-order valence-electron chi connectivity index (χ1n) is 6.39. The standard InChI is InChI=1S/C16H9ClFNO3/c17-11-4-2-1-3-9(11)14-13(16(21)22)15(20)10-7-8(18)5-6-12(10)19-14/h1-7,13H,(H,21,22). The number of halogens is 2. The Hall–Kier alpha value is -2.53. The van der Waals surface area contributed by atoms with E-state index < -0.39 is 23.5 Å². The molecule has 2 aromatic rings. The van der Waals surface area contributed by atoms with Gasteiger partial charge < -0.3 is 5.11 Å². The molecule has 1 aliphatic heterocycles. The molecule has 110 valence electrons. The van der Waals surface area contributed by atoms with Crippen LogP contribution in [0.2, 0.25) is 5.02 Å². The number of carbonyl (C=O) groups is 2. The lowest BCUT2D eigenvalue weighted by Gasteiger charge is -2.21. The molecule has 1 unspecified atom stereocenters. The maximum Gasteiger partial charge on any atom is 0.320 e. The first kappa shape index (κ1) is 14.4. The largest absolute Gasteiger partial charge is 0.480 e. The first-order valence-corrected chi connectivity index (χ1v) is 6.77. The lowest BCUT2D eigenvalue weighted by molar-refractivity contribution is -0.137. The normalized spacial score (nSPS) is 16.9. The van der Waals surface area contributed by atoms with E-state index in [0.717, 1.165) is 6.07 Å². The predicted molar refractivity (Wildman–Crippen MR) is 79.5 cm³/mol. The molecule has 1 aliphatic rings. The fraction of sp³-hybridized carbons (Fsp3) is 0.0625. The SMILES string of the molecule is O=C(O)C1C(=O)c2cc(F)ccc2N=C1c1ccccc1Cl. The van der Waals surface area contributed by atoms with Crippen molar-refractivity contribution in [3.8, 4) is 0 Å². The number of hydrogen-bond acceptors (Lipinski definition) is 3. The highest BCUT2D eigenvalue weighted by Crippen LogP contribution is 2.33. The van der Waals surface area contributed by atoms with Gasteiger partial charge in [-0.1, -0.05) is 29.8 Å². The second-order valence-corrected chi connectivity index (χ2v) is 5.18. The zero-order chi connectivity index (χ0) is 15.9. The Balaban J connectivity index is 2.26. The van der Waals surface area contributed by atoms with E-state index in [2.05, 4.69) is 4.99 Å². The number of carbonyl (C=O) groups excluding carboxylic acids is 1. The second kappa shape index (κ2) is 5.35. The van der Waals surface area contributed by atoms with E-state index in [1.165, 1.54) is 12.1 Å². The minimum atomic E-state index is -1.51. The zero-order valence-electron chi connectivity index (χ0n) is 11.1. The topological polar surface area (TPSA) is 66.7 Å². The maximum absolute atomic E-state index is 13.3. The van der Waals surface area contributed by atoms with E-state index in [4.69, 9.17) is 11.6 Å². The lowest BCUT2D eigenvalue weighted by atomic mass is 9.86. The number of hydrogen-bond donors (Lipinski definition) is 1. The van der Waals surface area contributed by atoms with Gasteiger partial charge in [-0.15, -0.1) is 0 Å². The van der Waals surface area contributed by atoms with Gasteiger partial charge in [0.05, 0.1) is 11.4 Å². The van der Waals surface area contributed by atoms with Crippen molar-refractivity contribution < 1.29 is 19.1 Å². The van der Waals surface area contributed by atoms with E-state index in [9.17, 15) is 19.1 Å². The van der Waals surface area contributed by atoms with Gasteiger partial charge in [0.15, 0.2) is 11.7 Å². The van der Waals surface area contributed by atoms with E-state index in [0.29, 0.717) is 10.6 Å². The molecule has 1 N–H and O–H groups in total. The summed E-state index contributed by atoms with van der Waals surface area (Å²) < 4.78 is 13.3. The number of fused-ring (bicyclic) bond motifs is 1. The number of aliphatic imine (C=N–C) groups is 1. The summed E-state index contributed by atoms with van der Waals surface area (Å²) in [6.45, 7) is 0. The maximum atomic E-state index is 13.3. The Bertz CT molecular complexity index is 832. The van der Waals surface area contributed by atoms with Gasteiger partial charge in [0.2, 0.25) is 0 Å². The summed E-state index contributed by atoms with van der Waals surface area (Å²) in [6.07, 6.45) is 0. The molecule has 1 atom stereocenters. The Morgan fingerprint density at radius 3 is 2.59 bits per heavy atom. The molecule has 0 amide bonds. The van der Waals surface area contributed by atoms with Crippen LogP contribution >= 0.6 is 11.6 Å². The molecule has 0 saturated heterocycles. The van der Waals surface area contributed by atoms with Gasteiger partial charge in [0.25, 0.3) is 0 Å². The minimum Gasteiger partial charge on any atom is -0.480 e. The highest BCUT2D eigenvalue weighted by molar-refractivity contribution is 6.38. The number of Topliss-reactive ketones (excluding diaryl/α,β-unsaturated/α-hetero) is 1. The van der Waals surface area contributed by atoms with Crippen LogP contribution in [0.4, 0.5) is 10.1 Å². The molecular weight excluding hydrogens is 309 g/mol. The molecule has 3 rings (SSSR count). The molecule has 0 spiro atoms. The Labute approximate surface area is 129 Å². The first-order chi connectivity index (χ1) is 10.5. The van der Waals surface area contributed by atoms with Gasteiger partial charge in [-0.05, 0) is 24.3 Å². The van der Waals surface area contributed by atoms with Crippen LogP contribution < -0.4 is 0 Å². The van der Waals surface area contributed by atoms with Crippen LogP contribution in [-0.4, -0.2) is 22.6 Å². The quantitative estimate of drug-likeness (QED) is 0.862. The lowest BCUT2D eigenvalue weighted by Crippen LogP contribution is -2.35. The molecule has 0 aliphatic carbocycles. The molecule has 0 aromatic heterocycles. The number of carboxylic acids is 1. The molecule has 0 radical (unpaired) electrons. The molecule has 2 aromatic carbocycles. The van der Waals surface area contributed by atoms with Crippen LogP contribution in [-0.2, 0) is 4.79 Å². The second-order valence-electron chi connectivity index (χ2n) is 4.77. The number of aliphatic carboxylic acids is 1. The molecule has 22 heavy (non-hydrogen) atoms. The van der Waals surface area contributed by atoms with Crippen molar-refractivity contribution in [3.05, 3.63) is 64.4 Å². The number of benzene rings is 2. The Morgan fingerprint density at radius 2 is 1.91 bits per heavy atom. The Morgan fingerprint density at radius 1 is 1.18 bits per heavy atom. The van der Waals surface area contributed by atoms with Crippen LogP contribution in [0.15, 0.2) is 47.5 Å². The molecule has 0 saturated carbocycles. The summed E-state index contributed by atoms with van der Waals surface area (Å²) in [5.41, 5.74) is 0.629. The third kappa shape index (κ3) is 2.29. The van der Waals surface area contributed by atoms with Crippen LogP contribution in [0, 0.1) is 11.7 Å². The van der Waals surface area contributed by atoms with Gasteiger partial charge >= 0.3 is 5.97 Å². The number of nitrogens with zero attached hydrogens (tertiary/aromatic N) is 1. The van der Waals surface area contributed by atoms with E-state index in [1.54, 1.807) is 24.3 Å². The van der Waals surface area contributed by atoms with Crippen molar-refractivity contribution in [2.24, 2.45) is 10.9 Å². The minimum absolute atomic E-state index is 0.0387. The van der Waals surface area contributed by atoms with Gasteiger partial charge in [-0.2, -0.15) is 0 Å². The monoisotopic (exact) mass is 317 g/mol. The van der Waals surface area contributed by atoms with Gasteiger partial charge in [-0.3, -0.25) is 14.6 Å². The molecule has 4 nitrogen and oxygen atoms in total. The summed E-state index contributed by atoms with van der Waals surface area (Å²) >= 11 is 6.08. The third-order valence-electron chi connectivity index (χ3n) is 3.40. The smallest absolute Gasteiger partial charge is 0.320 e. The van der Waals surface area contributed by atoms with E-state index in [1.807, 2.05) is 0 Å². The van der Waals surface area contributed by atoms with Gasteiger partial charge in [-0.25, -0.2) is 4.39 Å². The van der Waals surface area contributed by atoms with Crippen LogP contribution in [0.5, 0.6) is 0 Å². The fourth-order valence-electron chi connectivity index (χ4n) is 2.39.